The molecule has 0 aliphatic carbocycles. The summed E-state index contributed by atoms with van der Waals surface area (Å²) in [5.41, 5.74) is 1.85. The van der Waals surface area contributed by atoms with Gasteiger partial charge in [-0.1, -0.05) is 60.7 Å². The van der Waals surface area contributed by atoms with Gasteiger partial charge in [-0.15, -0.1) is 0 Å². The molecule has 0 saturated carbocycles. The van der Waals surface area contributed by atoms with Crippen molar-refractivity contribution < 1.29 is 28.5 Å². The molecule has 154 valence electrons. The number of alkyl halides is 1. The molecule has 29 heavy (non-hydrogen) atoms. The molecule has 2 heterocycles. The Hall–Kier alpha value is -2.48. The maximum atomic E-state index is 15.4. The van der Waals surface area contributed by atoms with Gasteiger partial charge in [0.05, 0.1) is 31.9 Å². The monoisotopic (exact) mass is 401 g/mol. The van der Waals surface area contributed by atoms with Crippen LogP contribution in [0.4, 0.5) is 9.18 Å². The van der Waals surface area contributed by atoms with E-state index in [-0.39, 0.29) is 19.8 Å². The van der Waals surface area contributed by atoms with Crippen molar-refractivity contribution >= 4 is 6.09 Å². The highest BCUT2D eigenvalue weighted by Gasteiger charge is 2.57. The van der Waals surface area contributed by atoms with E-state index in [0.29, 0.717) is 6.61 Å². The first-order chi connectivity index (χ1) is 14.1. The SMILES string of the molecule is O=C1OC[C@H](O)[C@H]2[C@H](OCc3ccccc3)[C@@H](F)[C@H](COCc3ccccc3)N12. The van der Waals surface area contributed by atoms with Gasteiger partial charge >= 0.3 is 6.09 Å². The van der Waals surface area contributed by atoms with Crippen molar-refractivity contribution in [1.29, 1.82) is 0 Å². The fraction of sp³-hybridized carbons (Fsp3) is 0.409. The molecular weight excluding hydrogens is 377 g/mol. The zero-order valence-electron chi connectivity index (χ0n) is 15.9. The smallest absolute Gasteiger partial charge is 0.410 e. The Bertz CT molecular complexity index is 805. The fourth-order valence-electron chi connectivity index (χ4n) is 3.93. The van der Waals surface area contributed by atoms with E-state index in [1.807, 2.05) is 60.7 Å². The van der Waals surface area contributed by atoms with Gasteiger partial charge in [-0.2, -0.15) is 0 Å². The van der Waals surface area contributed by atoms with Gasteiger partial charge in [0.1, 0.15) is 18.8 Å². The van der Waals surface area contributed by atoms with E-state index in [1.54, 1.807) is 0 Å². The van der Waals surface area contributed by atoms with Gasteiger partial charge in [-0.25, -0.2) is 9.18 Å². The Labute approximate surface area is 168 Å². The summed E-state index contributed by atoms with van der Waals surface area (Å²) in [7, 11) is 0. The molecule has 2 fully saturated rings. The summed E-state index contributed by atoms with van der Waals surface area (Å²) in [5.74, 6) is 0. The summed E-state index contributed by atoms with van der Waals surface area (Å²) in [5, 5.41) is 10.4. The molecule has 2 aromatic carbocycles. The van der Waals surface area contributed by atoms with Crippen molar-refractivity contribution in [3.8, 4) is 0 Å². The van der Waals surface area contributed by atoms with E-state index in [0.717, 1.165) is 11.1 Å². The Morgan fingerprint density at radius 2 is 1.66 bits per heavy atom. The number of aliphatic hydroxyl groups excluding tert-OH is 1. The number of nitrogens with zero attached hydrogens (tertiary/aromatic N) is 1. The lowest BCUT2D eigenvalue weighted by Crippen LogP contribution is -2.56. The lowest BCUT2D eigenvalue weighted by molar-refractivity contribution is -0.0849. The summed E-state index contributed by atoms with van der Waals surface area (Å²) in [6.07, 6.45) is -4.13. The second-order valence-corrected chi connectivity index (χ2v) is 7.32. The molecule has 0 unspecified atom stereocenters. The molecule has 2 aliphatic heterocycles. The third kappa shape index (κ3) is 4.27. The van der Waals surface area contributed by atoms with E-state index in [1.165, 1.54) is 4.90 Å². The maximum Gasteiger partial charge on any atom is 0.410 e. The highest BCUT2D eigenvalue weighted by atomic mass is 19.1. The first-order valence-electron chi connectivity index (χ1n) is 9.69. The third-order valence-corrected chi connectivity index (χ3v) is 5.36. The van der Waals surface area contributed by atoms with Crippen LogP contribution in [0.15, 0.2) is 60.7 Å². The van der Waals surface area contributed by atoms with Gasteiger partial charge in [0.15, 0.2) is 6.17 Å². The van der Waals surface area contributed by atoms with Crippen LogP contribution in [0.2, 0.25) is 0 Å². The van der Waals surface area contributed by atoms with Gasteiger partial charge < -0.3 is 19.3 Å². The van der Waals surface area contributed by atoms with Crippen molar-refractivity contribution in [3.05, 3.63) is 71.8 Å². The van der Waals surface area contributed by atoms with E-state index < -0.39 is 36.6 Å². The molecule has 4 rings (SSSR count). The molecule has 1 amide bonds. The number of rotatable bonds is 7. The minimum Gasteiger partial charge on any atom is -0.447 e. The molecule has 5 atom stereocenters. The summed E-state index contributed by atoms with van der Waals surface area (Å²) < 4.78 is 31.9. The number of ether oxygens (including phenoxy) is 3. The highest BCUT2D eigenvalue weighted by Crippen LogP contribution is 2.35. The molecule has 7 heteroatoms. The minimum atomic E-state index is -1.50. The minimum absolute atomic E-state index is 0.0143. The van der Waals surface area contributed by atoms with Gasteiger partial charge in [0.2, 0.25) is 0 Å². The van der Waals surface area contributed by atoms with Crippen LogP contribution in [0.5, 0.6) is 0 Å². The van der Waals surface area contributed by atoms with Crippen molar-refractivity contribution in [2.45, 2.75) is 43.7 Å². The van der Waals surface area contributed by atoms with Crippen molar-refractivity contribution in [2.75, 3.05) is 13.2 Å². The number of hydrogen-bond acceptors (Lipinski definition) is 5. The first-order valence-corrected chi connectivity index (χ1v) is 9.69. The lowest BCUT2D eigenvalue weighted by Gasteiger charge is -2.37. The number of amides is 1. The average molecular weight is 401 g/mol. The number of carbonyl (C=O) groups is 1. The lowest BCUT2D eigenvalue weighted by atomic mass is 10.0. The largest absolute Gasteiger partial charge is 0.447 e. The molecule has 6 nitrogen and oxygen atoms in total. The second-order valence-electron chi connectivity index (χ2n) is 7.32. The molecule has 0 spiro atoms. The van der Waals surface area contributed by atoms with Crippen molar-refractivity contribution in [1.82, 2.24) is 4.90 Å². The quantitative estimate of drug-likeness (QED) is 0.773. The number of fused-ring (bicyclic) bond motifs is 1. The second kappa shape index (κ2) is 8.90. The summed E-state index contributed by atoms with van der Waals surface area (Å²) in [6.45, 7) is 0.306. The molecule has 0 radical (unpaired) electrons. The van der Waals surface area contributed by atoms with Crippen LogP contribution in [-0.2, 0) is 27.4 Å². The van der Waals surface area contributed by atoms with Crippen LogP contribution in [0, 0.1) is 0 Å². The van der Waals surface area contributed by atoms with Crippen LogP contribution in [0.1, 0.15) is 11.1 Å². The standard InChI is InChI=1S/C22H24FNO5/c23-19-17(13-27-11-15-7-3-1-4-8-15)24-20(18(25)14-29-22(24)26)21(19)28-12-16-9-5-2-6-10-16/h1-10,17-21,25H,11-14H2/t17-,18-,19-,20-,21+/m0/s1. The summed E-state index contributed by atoms with van der Waals surface area (Å²) in [6, 6.07) is 17.2. The van der Waals surface area contributed by atoms with E-state index in [9.17, 15) is 9.90 Å². The Balaban J connectivity index is 1.46. The average Bonchev–Trinajstić information content (AvgIpc) is 3.04. The number of aliphatic hydroxyl groups is 1. The highest BCUT2D eigenvalue weighted by molar-refractivity contribution is 5.70. The predicted molar refractivity (Wildman–Crippen MR) is 103 cm³/mol. The van der Waals surface area contributed by atoms with Crippen LogP contribution >= 0.6 is 0 Å². The Kier molecular flexibility index (Phi) is 6.08. The van der Waals surface area contributed by atoms with Gasteiger partial charge in [0.25, 0.3) is 0 Å². The maximum absolute atomic E-state index is 15.4. The number of carbonyl (C=O) groups excluding carboxylic acids is 1. The topological polar surface area (TPSA) is 68.2 Å². The molecule has 2 aliphatic rings. The van der Waals surface area contributed by atoms with Crippen LogP contribution in [0.25, 0.3) is 0 Å². The summed E-state index contributed by atoms with van der Waals surface area (Å²) >= 11 is 0. The van der Waals surface area contributed by atoms with E-state index in [4.69, 9.17) is 14.2 Å². The predicted octanol–water partition coefficient (Wildman–Crippen LogP) is 2.69. The molecule has 0 bridgehead atoms. The van der Waals surface area contributed by atoms with Gasteiger partial charge in [0, 0.05) is 0 Å². The molecule has 2 saturated heterocycles. The number of cyclic esters (lactones) is 1. The van der Waals surface area contributed by atoms with Gasteiger partial charge in [-0.3, -0.25) is 4.90 Å². The van der Waals surface area contributed by atoms with E-state index >= 15 is 4.39 Å². The van der Waals surface area contributed by atoms with Crippen LogP contribution in [0.3, 0.4) is 0 Å². The van der Waals surface area contributed by atoms with Crippen molar-refractivity contribution in [2.24, 2.45) is 0 Å². The third-order valence-electron chi connectivity index (χ3n) is 5.36. The first kappa shape index (κ1) is 19.8. The number of hydrogen-bond donors (Lipinski definition) is 1. The Morgan fingerprint density at radius 3 is 2.31 bits per heavy atom. The van der Waals surface area contributed by atoms with Crippen LogP contribution in [-0.4, -0.2) is 59.8 Å². The molecular formula is C22H24FNO5. The van der Waals surface area contributed by atoms with Crippen molar-refractivity contribution in [3.63, 3.8) is 0 Å². The molecule has 2 aromatic rings. The normalized spacial score (nSPS) is 28.8. The fourth-order valence-corrected chi connectivity index (χ4v) is 3.93. The summed E-state index contributed by atoms with van der Waals surface area (Å²) in [4.78, 5) is 13.6. The van der Waals surface area contributed by atoms with Crippen LogP contribution < -0.4 is 0 Å². The zero-order valence-corrected chi connectivity index (χ0v) is 15.9. The number of benzene rings is 2. The molecule has 0 aromatic heterocycles. The zero-order chi connectivity index (χ0) is 20.2. The molecule has 1 N–H and O–H groups in total. The van der Waals surface area contributed by atoms with Gasteiger partial charge in [-0.05, 0) is 11.1 Å². The Morgan fingerprint density at radius 1 is 1.03 bits per heavy atom. The number of halogens is 1. The van der Waals surface area contributed by atoms with E-state index in [2.05, 4.69) is 0 Å².